The van der Waals surface area contributed by atoms with Crippen LogP contribution >= 0.6 is 23.2 Å². The fraction of sp³-hybridized carbons (Fsp3) is 0. The second kappa shape index (κ2) is 5.31. The lowest BCUT2D eigenvalue weighted by atomic mass is 10.1. The molecule has 0 saturated carbocycles. The molecule has 0 radical (unpaired) electrons. The molecule has 1 aliphatic heterocycles. The minimum atomic E-state index is -0.438. The highest BCUT2D eigenvalue weighted by molar-refractivity contribution is 6.42. The summed E-state index contributed by atoms with van der Waals surface area (Å²) in [5.41, 5.74) is 1.35. The van der Waals surface area contributed by atoms with Crippen molar-refractivity contribution in [2.75, 3.05) is 0 Å². The van der Waals surface area contributed by atoms with E-state index in [1.54, 1.807) is 42.5 Å². The third kappa shape index (κ3) is 2.44. The Balaban J connectivity index is 1.89. The Kier molecular flexibility index (Phi) is 3.49. The van der Waals surface area contributed by atoms with E-state index < -0.39 is 11.8 Å². The molecule has 0 atom stereocenters. The fourth-order valence-corrected chi connectivity index (χ4v) is 2.31. The van der Waals surface area contributed by atoms with E-state index in [2.05, 4.69) is 5.10 Å². The van der Waals surface area contributed by atoms with Crippen molar-refractivity contribution in [1.29, 1.82) is 0 Å². The van der Waals surface area contributed by atoms with E-state index in [-0.39, 0.29) is 0 Å². The third-order valence-corrected chi connectivity index (χ3v) is 3.78. The van der Waals surface area contributed by atoms with Crippen molar-refractivity contribution < 1.29 is 9.59 Å². The van der Waals surface area contributed by atoms with Gasteiger partial charge in [0, 0.05) is 0 Å². The average molecular weight is 319 g/mol. The van der Waals surface area contributed by atoms with Crippen LogP contribution in [0.3, 0.4) is 0 Å². The van der Waals surface area contributed by atoms with Gasteiger partial charge in [-0.1, -0.05) is 41.4 Å². The molecule has 1 aliphatic rings. The molecule has 104 valence electrons. The van der Waals surface area contributed by atoms with E-state index in [0.717, 1.165) is 5.01 Å². The Morgan fingerprint density at radius 3 is 2.10 bits per heavy atom. The van der Waals surface area contributed by atoms with Crippen molar-refractivity contribution in [3.05, 3.63) is 69.2 Å². The van der Waals surface area contributed by atoms with Gasteiger partial charge in [-0.3, -0.25) is 9.59 Å². The second-order valence-corrected chi connectivity index (χ2v) is 5.20. The first kappa shape index (κ1) is 13.8. The first-order chi connectivity index (χ1) is 10.1. The van der Waals surface area contributed by atoms with Gasteiger partial charge in [0.05, 0.1) is 27.4 Å². The van der Waals surface area contributed by atoms with Crippen LogP contribution < -0.4 is 0 Å². The Labute approximate surface area is 130 Å². The van der Waals surface area contributed by atoms with E-state index in [4.69, 9.17) is 23.2 Å². The molecule has 2 aromatic carbocycles. The molecule has 0 unspecified atom stereocenters. The van der Waals surface area contributed by atoms with Crippen LogP contribution in [0.15, 0.2) is 47.6 Å². The number of halogens is 2. The van der Waals surface area contributed by atoms with Gasteiger partial charge in [0.25, 0.3) is 11.8 Å². The SMILES string of the molecule is O=C1c2ccccc2C(=O)N1/N=C/c1ccc(Cl)c(Cl)c1. The van der Waals surface area contributed by atoms with Crippen molar-refractivity contribution >= 4 is 41.2 Å². The number of carbonyl (C=O) groups is 2. The van der Waals surface area contributed by atoms with Crippen LogP contribution in [0.1, 0.15) is 26.3 Å². The van der Waals surface area contributed by atoms with Crippen molar-refractivity contribution in [3.8, 4) is 0 Å². The Morgan fingerprint density at radius 2 is 1.52 bits per heavy atom. The largest absolute Gasteiger partial charge is 0.282 e. The zero-order valence-electron chi connectivity index (χ0n) is 10.6. The molecule has 21 heavy (non-hydrogen) atoms. The first-order valence-electron chi connectivity index (χ1n) is 6.05. The van der Waals surface area contributed by atoms with Crippen molar-refractivity contribution in [2.24, 2.45) is 5.10 Å². The molecule has 0 saturated heterocycles. The fourth-order valence-electron chi connectivity index (χ4n) is 2.00. The number of imide groups is 1. The summed E-state index contributed by atoms with van der Waals surface area (Å²) in [5.74, 6) is -0.876. The molecule has 3 rings (SSSR count). The van der Waals surface area contributed by atoms with Crippen LogP contribution in [0.5, 0.6) is 0 Å². The van der Waals surface area contributed by atoms with Crippen LogP contribution in [0.25, 0.3) is 0 Å². The van der Waals surface area contributed by atoms with Crippen molar-refractivity contribution in [3.63, 3.8) is 0 Å². The Bertz CT molecular complexity index is 752. The molecule has 0 fully saturated rings. The van der Waals surface area contributed by atoms with Gasteiger partial charge in [-0.2, -0.15) is 10.1 Å². The molecule has 6 heteroatoms. The molecule has 1 heterocycles. The van der Waals surface area contributed by atoms with Crippen LogP contribution in [-0.4, -0.2) is 23.0 Å². The molecule has 4 nitrogen and oxygen atoms in total. The van der Waals surface area contributed by atoms with E-state index in [9.17, 15) is 9.59 Å². The predicted molar refractivity (Wildman–Crippen MR) is 81.0 cm³/mol. The number of rotatable bonds is 2. The van der Waals surface area contributed by atoms with Crippen molar-refractivity contribution in [2.45, 2.75) is 0 Å². The van der Waals surface area contributed by atoms with Crippen LogP contribution in [0.2, 0.25) is 10.0 Å². The van der Waals surface area contributed by atoms with E-state index in [1.807, 2.05) is 0 Å². The summed E-state index contributed by atoms with van der Waals surface area (Å²) < 4.78 is 0. The lowest BCUT2D eigenvalue weighted by Crippen LogP contribution is -2.23. The third-order valence-electron chi connectivity index (χ3n) is 3.04. The number of fused-ring (bicyclic) bond motifs is 1. The van der Waals surface area contributed by atoms with Crippen molar-refractivity contribution in [1.82, 2.24) is 5.01 Å². The maximum absolute atomic E-state index is 12.1. The molecular weight excluding hydrogens is 311 g/mol. The van der Waals surface area contributed by atoms with Gasteiger partial charge >= 0.3 is 0 Å². The van der Waals surface area contributed by atoms with Gasteiger partial charge in [-0.15, -0.1) is 0 Å². The zero-order chi connectivity index (χ0) is 15.0. The summed E-state index contributed by atoms with van der Waals surface area (Å²) in [7, 11) is 0. The normalized spacial score (nSPS) is 14.1. The number of carbonyl (C=O) groups excluding carboxylic acids is 2. The minimum absolute atomic E-state index is 0.355. The van der Waals surface area contributed by atoms with Gasteiger partial charge in [0.15, 0.2) is 0 Å². The monoisotopic (exact) mass is 318 g/mol. The number of benzene rings is 2. The summed E-state index contributed by atoms with van der Waals surface area (Å²) in [5, 5.41) is 5.59. The van der Waals surface area contributed by atoms with Crippen LogP contribution in [-0.2, 0) is 0 Å². The molecule has 0 aliphatic carbocycles. The number of amides is 2. The summed E-state index contributed by atoms with van der Waals surface area (Å²) in [6.45, 7) is 0. The predicted octanol–water partition coefficient (Wildman–Crippen LogP) is 3.62. The Hall–Kier alpha value is -2.17. The zero-order valence-corrected chi connectivity index (χ0v) is 12.1. The van der Waals surface area contributed by atoms with Gasteiger partial charge in [0.1, 0.15) is 0 Å². The highest BCUT2D eigenvalue weighted by atomic mass is 35.5. The number of hydrogen-bond donors (Lipinski definition) is 0. The van der Waals surface area contributed by atoms with E-state index >= 15 is 0 Å². The van der Waals surface area contributed by atoms with Crippen LogP contribution in [0, 0.1) is 0 Å². The van der Waals surface area contributed by atoms with Gasteiger partial charge < -0.3 is 0 Å². The lowest BCUT2D eigenvalue weighted by Gasteiger charge is -2.05. The van der Waals surface area contributed by atoms with Gasteiger partial charge in [-0.05, 0) is 29.8 Å². The molecule has 0 bridgehead atoms. The Morgan fingerprint density at radius 1 is 0.905 bits per heavy atom. The highest BCUT2D eigenvalue weighted by Gasteiger charge is 2.35. The molecular formula is C15H8Cl2N2O2. The summed E-state index contributed by atoms with van der Waals surface area (Å²) in [6, 6.07) is 11.5. The lowest BCUT2D eigenvalue weighted by molar-refractivity contribution is 0.0660. The highest BCUT2D eigenvalue weighted by Crippen LogP contribution is 2.24. The topological polar surface area (TPSA) is 49.7 Å². The van der Waals surface area contributed by atoms with Crippen LogP contribution in [0.4, 0.5) is 0 Å². The summed E-state index contributed by atoms with van der Waals surface area (Å²) >= 11 is 11.7. The minimum Gasteiger partial charge on any atom is -0.267 e. The molecule has 0 aromatic heterocycles. The molecule has 2 amide bonds. The quantitative estimate of drug-likeness (QED) is 0.627. The van der Waals surface area contributed by atoms with Gasteiger partial charge in [0.2, 0.25) is 0 Å². The van der Waals surface area contributed by atoms with Gasteiger partial charge in [-0.25, -0.2) is 0 Å². The van der Waals surface area contributed by atoms with E-state index in [1.165, 1.54) is 6.21 Å². The average Bonchev–Trinajstić information content (AvgIpc) is 2.73. The number of hydrazone groups is 1. The second-order valence-electron chi connectivity index (χ2n) is 4.39. The smallest absolute Gasteiger partial charge is 0.267 e. The molecule has 0 N–H and O–H groups in total. The number of nitrogens with zero attached hydrogens (tertiary/aromatic N) is 2. The molecule has 2 aromatic rings. The standard InChI is InChI=1S/C15H8Cl2N2O2/c16-12-6-5-9(7-13(12)17)8-18-19-14(20)10-3-1-2-4-11(10)15(19)21/h1-8H/b18-8+. The number of hydrogen-bond acceptors (Lipinski definition) is 3. The summed E-state index contributed by atoms with van der Waals surface area (Å²) in [6.07, 6.45) is 1.39. The maximum Gasteiger partial charge on any atom is 0.282 e. The van der Waals surface area contributed by atoms with E-state index in [0.29, 0.717) is 26.7 Å². The summed E-state index contributed by atoms with van der Waals surface area (Å²) in [4.78, 5) is 24.2. The molecule has 0 spiro atoms. The maximum atomic E-state index is 12.1. The first-order valence-corrected chi connectivity index (χ1v) is 6.80.